The molecule has 0 aromatic heterocycles. The Hall–Kier alpha value is -3.99. The molecular weight excluding hydrogens is 494 g/mol. The Morgan fingerprint density at radius 1 is 0.475 bits per heavy atom. The van der Waals surface area contributed by atoms with Crippen molar-refractivity contribution in [2.45, 2.75) is 38.9 Å². The molecule has 4 heteroatoms. The van der Waals surface area contributed by atoms with Gasteiger partial charge in [-0.05, 0) is 72.2 Å². The van der Waals surface area contributed by atoms with Gasteiger partial charge in [-0.25, -0.2) is 4.39 Å². The van der Waals surface area contributed by atoms with E-state index >= 15 is 4.39 Å². The second-order valence-electron chi connectivity index (χ2n) is 11.3. The molecule has 1 aliphatic carbocycles. The highest BCUT2D eigenvalue weighted by Crippen LogP contribution is 2.56. The first-order valence-corrected chi connectivity index (χ1v) is 13.8. The van der Waals surface area contributed by atoms with Crippen LogP contribution in [0.25, 0.3) is 22.3 Å². The van der Waals surface area contributed by atoms with Crippen molar-refractivity contribution in [2.24, 2.45) is 0 Å². The molecule has 6 rings (SSSR count). The fraction of sp³-hybridized carbons (Fsp3) is 0.167. The van der Waals surface area contributed by atoms with Gasteiger partial charge in [-0.1, -0.05) is 121 Å². The predicted molar refractivity (Wildman–Crippen MR) is 164 cm³/mol. The van der Waals surface area contributed by atoms with Crippen molar-refractivity contribution in [3.8, 4) is 0 Å². The summed E-state index contributed by atoms with van der Waals surface area (Å²) in [6, 6.07) is 40.7. The quantitative estimate of drug-likeness (QED) is 0.242. The molecule has 2 aliphatic rings. The molecule has 4 aromatic carbocycles. The molecule has 1 fully saturated rings. The van der Waals surface area contributed by atoms with E-state index in [1.54, 1.807) is 0 Å². The maximum atomic E-state index is 17.3. The van der Waals surface area contributed by atoms with Crippen LogP contribution in [0.3, 0.4) is 0 Å². The Kier molecular flexibility index (Phi) is 6.70. The number of benzene rings is 4. The van der Waals surface area contributed by atoms with Crippen molar-refractivity contribution >= 4 is 29.4 Å². The Bertz CT molecular complexity index is 1500. The van der Waals surface area contributed by atoms with E-state index in [4.69, 9.17) is 9.31 Å². The fourth-order valence-electron chi connectivity index (χ4n) is 5.50. The van der Waals surface area contributed by atoms with Crippen LogP contribution in [0, 0.1) is 0 Å². The highest BCUT2D eigenvalue weighted by molar-refractivity contribution is 6.55. The average molecular weight is 526 g/mol. The van der Waals surface area contributed by atoms with E-state index in [0.717, 1.165) is 44.5 Å². The van der Waals surface area contributed by atoms with Crippen molar-refractivity contribution < 1.29 is 13.7 Å². The van der Waals surface area contributed by atoms with Crippen LogP contribution >= 0.6 is 0 Å². The van der Waals surface area contributed by atoms with Crippen LogP contribution in [-0.2, 0) is 9.31 Å². The van der Waals surface area contributed by atoms with Crippen LogP contribution in [0.1, 0.15) is 49.9 Å². The third-order valence-electron chi connectivity index (χ3n) is 8.20. The molecule has 0 unspecified atom stereocenters. The smallest absolute Gasteiger partial charge is 0.398 e. The van der Waals surface area contributed by atoms with Crippen molar-refractivity contribution in [1.82, 2.24) is 0 Å². The average Bonchev–Trinajstić information content (AvgIpc) is 3.45. The first kappa shape index (κ1) is 26.2. The normalized spacial score (nSPS) is 18.0. The van der Waals surface area contributed by atoms with Crippen LogP contribution in [0.5, 0.6) is 0 Å². The molecule has 40 heavy (non-hydrogen) atoms. The minimum atomic E-state index is -1.13. The van der Waals surface area contributed by atoms with E-state index in [0.29, 0.717) is 5.57 Å². The van der Waals surface area contributed by atoms with Gasteiger partial charge in [0.25, 0.3) is 0 Å². The molecule has 0 saturated carbocycles. The molecule has 1 heterocycles. The Balaban J connectivity index is 1.75. The van der Waals surface area contributed by atoms with Gasteiger partial charge in [-0.3, -0.25) is 0 Å². The second kappa shape index (κ2) is 10.2. The van der Waals surface area contributed by atoms with Gasteiger partial charge in [-0.2, -0.15) is 0 Å². The maximum Gasteiger partial charge on any atom is 0.525 e. The summed E-state index contributed by atoms with van der Waals surface area (Å²) in [6.45, 7) is 7.80. The minimum Gasteiger partial charge on any atom is -0.398 e. The third kappa shape index (κ3) is 4.48. The zero-order valence-electron chi connectivity index (χ0n) is 23.3. The molecule has 0 N–H and O–H groups in total. The molecule has 4 aromatic rings. The van der Waals surface area contributed by atoms with Gasteiger partial charge in [0.05, 0.1) is 11.2 Å². The first-order valence-electron chi connectivity index (χ1n) is 13.8. The van der Waals surface area contributed by atoms with Crippen molar-refractivity contribution in [2.75, 3.05) is 0 Å². The molecule has 0 atom stereocenters. The zero-order chi connectivity index (χ0) is 27.9. The molecular formula is C36H32BFO2. The molecule has 0 bridgehead atoms. The monoisotopic (exact) mass is 526 g/mol. The van der Waals surface area contributed by atoms with E-state index in [2.05, 4.69) is 24.3 Å². The topological polar surface area (TPSA) is 18.5 Å². The first-order chi connectivity index (χ1) is 19.3. The van der Waals surface area contributed by atoms with Crippen LogP contribution in [0.4, 0.5) is 4.39 Å². The number of hydrogen-bond donors (Lipinski definition) is 0. The summed E-state index contributed by atoms with van der Waals surface area (Å²) < 4.78 is 29.9. The van der Waals surface area contributed by atoms with Gasteiger partial charge < -0.3 is 9.31 Å². The highest BCUT2D eigenvalue weighted by atomic mass is 19.1. The Labute approximate surface area is 236 Å². The van der Waals surface area contributed by atoms with Gasteiger partial charge in [0, 0.05) is 5.57 Å². The molecule has 2 nitrogen and oxygen atoms in total. The lowest BCUT2D eigenvalue weighted by molar-refractivity contribution is 0.00578. The van der Waals surface area contributed by atoms with Gasteiger partial charge >= 0.3 is 7.12 Å². The summed E-state index contributed by atoms with van der Waals surface area (Å²) >= 11 is 0. The number of rotatable bonds is 5. The summed E-state index contributed by atoms with van der Waals surface area (Å²) in [5.74, 6) is 0. The molecule has 1 aliphatic heterocycles. The van der Waals surface area contributed by atoms with Crippen molar-refractivity contribution in [3.05, 3.63) is 155 Å². The number of allylic oxidation sites excluding steroid dienone is 5. The predicted octanol–water partition coefficient (Wildman–Crippen LogP) is 9.08. The second-order valence-corrected chi connectivity index (χ2v) is 11.3. The molecule has 198 valence electrons. The lowest BCUT2D eigenvalue weighted by atomic mass is 9.78. The van der Waals surface area contributed by atoms with Gasteiger partial charge in [0.15, 0.2) is 0 Å². The van der Waals surface area contributed by atoms with E-state index in [9.17, 15) is 0 Å². The van der Waals surface area contributed by atoms with Crippen LogP contribution in [-0.4, -0.2) is 18.3 Å². The van der Waals surface area contributed by atoms with Crippen LogP contribution in [0.2, 0.25) is 0 Å². The summed E-state index contributed by atoms with van der Waals surface area (Å²) in [4.78, 5) is 0. The van der Waals surface area contributed by atoms with Gasteiger partial charge in [0.1, 0.15) is 5.73 Å². The van der Waals surface area contributed by atoms with Gasteiger partial charge in [0.2, 0.25) is 0 Å². The summed E-state index contributed by atoms with van der Waals surface area (Å²) in [5, 5.41) is 0. The van der Waals surface area contributed by atoms with E-state index in [-0.39, 0.29) is 0 Å². The Morgan fingerprint density at radius 2 is 0.750 bits per heavy atom. The van der Waals surface area contributed by atoms with Crippen LogP contribution < -0.4 is 0 Å². The third-order valence-corrected chi connectivity index (χ3v) is 8.20. The number of halogens is 1. The fourth-order valence-corrected chi connectivity index (χ4v) is 5.50. The van der Waals surface area contributed by atoms with E-state index < -0.39 is 24.0 Å². The van der Waals surface area contributed by atoms with Crippen molar-refractivity contribution in [3.63, 3.8) is 0 Å². The molecule has 0 radical (unpaired) electrons. The lowest BCUT2D eigenvalue weighted by Crippen LogP contribution is -2.41. The van der Waals surface area contributed by atoms with Gasteiger partial charge in [-0.15, -0.1) is 0 Å². The lowest BCUT2D eigenvalue weighted by Gasteiger charge is -2.32. The van der Waals surface area contributed by atoms with E-state index in [1.807, 2.05) is 125 Å². The largest absolute Gasteiger partial charge is 0.525 e. The zero-order valence-corrected chi connectivity index (χ0v) is 23.3. The molecule has 0 amide bonds. The summed E-state index contributed by atoms with van der Waals surface area (Å²) in [6.07, 6.45) is 0. The molecule has 0 spiro atoms. The standard InChI is InChI=1S/C36H32BFO2/c1-35(2)36(3,4)40-37(39-35)34(38)33-31(27-21-13-7-14-22-27)29(25-17-9-5-10-18-25)30(26-19-11-6-12-20-26)32(33)28-23-15-8-16-24-28/h5-24H,1-4H3. The summed E-state index contributed by atoms with van der Waals surface area (Å²) in [7, 11) is -1.13. The minimum absolute atomic E-state index is 0.421. The number of hydrogen-bond acceptors (Lipinski definition) is 2. The Morgan fingerprint density at radius 3 is 1.05 bits per heavy atom. The van der Waals surface area contributed by atoms with Crippen molar-refractivity contribution in [1.29, 1.82) is 0 Å². The maximum absolute atomic E-state index is 17.3. The van der Waals surface area contributed by atoms with Crippen LogP contribution in [0.15, 0.2) is 133 Å². The molecule has 1 saturated heterocycles. The SMILES string of the molecule is CC1(C)OB(C(F)=C2C(c3ccccc3)=C(c3ccccc3)C(c3ccccc3)=C2c2ccccc2)OC1(C)C. The highest BCUT2D eigenvalue weighted by Gasteiger charge is 2.54. The summed E-state index contributed by atoms with van der Waals surface area (Å²) in [5.41, 5.74) is 6.27. The van der Waals surface area contributed by atoms with E-state index in [1.165, 1.54) is 0 Å².